The van der Waals surface area contributed by atoms with Gasteiger partial charge in [-0.3, -0.25) is 4.79 Å². The Morgan fingerprint density at radius 3 is 2.69 bits per heavy atom. The number of carbonyl (C=O) groups excluding carboxylic acids is 1. The summed E-state index contributed by atoms with van der Waals surface area (Å²) in [6.45, 7) is 1.99. The molecule has 2 N–H and O–H groups in total. The van der Waals surface area contributed by atoms with E-state index < -0.39 is 0 Å². The number of amides is 1. The van der Waals surface area contributed by atoms with Gasteiger partial charge in [0.15, 0.2) is 0 Å². The first-order valence-corrected chi connectivity index (χ1v) is 4.59. The number of fused-ring (bicyclic) bond motifs is 1. The Kier molecular flexibility index (Phi) is 1.68. The van der Waals surface area contributed by atoms with E-state index in [9.17, 15) is 4.79 Å². The Bertz CT molecular complexity index is 349. The standard InChI is InChI=1S/C10H14N2O/c1-6-7-4-3-5-8(7)12(2)9(6)10(11)13/h3-5H2,1-2H3,(H2,11,13). The van der Waals surface area contributed by atoms with Crippen LogP contribution >= 0.6 is 0 Å². The first-order valence-electron chi connectivity index (χ1n) is 4.59. The summed E-state index contributed by atoms with van der Waals surface area (Å²) in [4.78, 5) is 11.1. The number of nitrogens with two attached hydrogens (primary N) is 1. The molecule has 0 unspecified atom stereocenters. The van der Waals surface area contributed by atoms with Crippen LogP contribution < -0.4 is 5.73 Å². The van der Waals surface area contributed by atoms with Crippen LogP contribution in [0.25, 0.3) is 0 Å². The van der Waals surface area contributed by atoms with Gasteiger partial charge in [-0.2, -0.15) is 0 Å². The largest absolute Gasteiger partial charge is 0.364 e. The molecule has 0 spiro atoms. The van der Waals surface area contributed by atoms with Gasteiger partial charge in [-0.25, -0.2) is 0 Å². The molecule has 0 saturated heterocycles. The highest BCUT2D eigenvalue weighted by molar-refractivity contribution is 5.93. The molecular formula is C10H14N2O. The second kappa shape index (κ2) is 2.62. The highest BCUT2D eigenvalue weighted by Crippen LogP contribution is 2.29. The Balaban J connectivity index is 2.66. The van der Waals surface area contributed by atoms with Gasteiger partial charge in [-0.05, 0) is 37.3 Å². The zero-order valence-corrected chi connectivity index (χ0v) is 8.05. The Morgan fingerprint density at radius 2 is 2.15 bits per heavy atom. The molecule has 1 amide bonds. The first kappa shape index (κ1) is 8.35. The van der Waals surface area contributed by atoms with Gasteiger partial charge in [-0.1, -0.05) is 0 Å². The van der Waals surface area contributed by atoms with Crippen LogP contribution in [0.5, 0.6) is 0 Å². The molecule has 0 bridgehead atoms. The molecule has 3 heteroatoms. The molecule has 1 aliphatic carbocycles. The molecule has 13 heavy (non-hydrogen) atoms. The molecule has 0 aliphatic heterocycles. The summed E-state index contributed by atoms with van der Waals surface area (Å²) in [5.41, 5.74) is 9.73. The van der Waals surface area contributed by atoms with E-state index in [1.807, 2.05) is 18.5 Å². The molecule has 70 valence electrons. The van der Waals surface area contributed by atoms with E-state index in [2.05, 4.69) is 0 Å². The molecule has 0 fully saturated rings. The van der Waals surface area contributed by atoms with E-state index in [0.29, 0.717) is 5.69 Å². The van der Waals surface area contributed by atoms with Crippen LogP contribution in [0, 0.1) is 6.92 Å². The smallest absolute Gasteiger partial charge is 0.265 e. The van der Waals surface area contributed by atoms with Crippen molar-refractivity contribution in [2.45, 2.75) is 26.2 Å². The predicted molar refractivity (Wildman–Crippen MR) is 50.7 cm³/mol. The van der Waals surface area contributed by atoms with E-state index in [0.717, 1.165) is 18.4 Å². The van der Waals surface area contributed by atoms with Gasteiger partial charge in [0, 0.05) is 12.7 Å². The third kappa shape index (κ3) is 0.996. The Labute approximate surface area is 77.5 Å². The third-order valence-corrected chi connectivity index (χ3v) is 2.97. The van der Waals surface area contributed by atoms with Crippen LogP contribution in [-0.4, -0.2) is 10.5 Å². The number of hydrogen-bond donors (Lipinski definition) is 1. The normalized spacial score (nSPS) is 14.6. The lowest BCUT2D eigenvalue weighted by molar-refractivity contribution is 0.0991. The van der Waals surface area contributed by atoms with Crippen LogP contribution in [0.4, 0.5) is 0 Å². The van der Waals surface area contributed by atoms with Crippen molar-refractivity contribution in [1.29, 1.82) is 0 Å². The van der Waals surface area contributed by atoms with Gasteiger partial charge in [0.1, 0.15) is 5.69 Å². The number of nitrogens with zero attached hydrogens (tertiary/aromatic N) is 1. The van der Waals surface area contributed by atoms with E-state index in [-0.39, 0.29) is 5.91 Å². The fraction of sp³-hybridized carbons (Fsp3) is 0.500. The number of carbonyl (C=O) groups is 1. The van der Waals surface area contributed by atoms with Gasteiger partial charge < -0.3 is 10.3 Å². The van der Waals surface area contributed by atoms with E-state index in [1.54, 1.807) is 0 Å². The summed E-state index contributed by atoms with van der Waals surface area (Å²) in [5.74, 6) is -0.311. The fourth-order valence-corrected chi connectivity index (χ4v) is 2.38. The van der Waals surface area contributed by atoms with Crippen LogP contribution in [0.3, 0.4) is 0 Å². The maximum atomic E-state index is 11.1. The van der Waals surface area contributed by atoms with Crippen LogP contribution in [-0.2, 0) is 19.9 Å². The monoisotopic (exact) mass is 178 g/mol. The number of primary amides is 1. The molecule has 0 atom stereocenters. The maximum absolute atomic E-state index is 11.1. The number of aromatic nitrogens is 1. The van der Waals surface area contributed by atoms with Crippen LogP contribution in [0.1, 0.15) is 33.7 Å². The van der Waals surface area contributed by atoms with Gasteiger partial charge >= 0.3 is 0 Å². The van der Waals surface area contributed by atoms with E-state index in [4.69, 9.17) is 5.73 Å². The van der Waals surface area contributed by atoms with Crippen molar-refractivity contribution in [1.82, 2.24) is 4.57 Å². The second-order valence-corrected chi connectivity index (χ2v) is 3.68. The van der Waals surface area contributed by atoms with Crippen molar-refractivity contribution >= 4 is 5.91 Å². The molecule has 1 aliphatic rings. The molecule has 3 nitrogen and oxygen atoms in total. The minimum atomic E-state index is -0.311. The van der Waals surface area contributed by atoms with Gasteiger partial charge in [0.25, 0.3) is 5.91 Å². The zero-order valence-electron chi connectivity index (χ0n) is 8.05. The van der Waals surface area contributed by atoms with Gasteiger partial charge in [0.05, 0.1) is 0 Å². The SMILES string of the molecule is Cc1c2c(n(C)c1C(N)=O)CCC2. The average molecular weight is 178 g/mol. The number of hydrogen-bond acceptors (Lipinski definition) is 1. The zero-order chi connectivity index (χ0) is 9.59. The average Bonchev–Trinajstić information content (AvgIpc) is 2.56. The molecule has 0 saturated carbocycles. The summed E-state index contributed by atoms with van der Waals surface area (Å²) in [7, 11) is 1.93. The molecule has 2 rings (SSSR count). The summed E-state index contributed by atoms with van der Waals surface area (Å²) in [6, 6.07) is 0. The lowest BCUT2D eigenvalue weighted by atomic mass is 10.1. The minimum Gasteiger partial charge on any atom is -0.364 e. The maximum Gasteiger partial charge on any atom is 0.265 e. The summed E-state index contributed by atoms with van der Waals surface area (Å²) in [5, 5.41) is 0. The van der Waals surface area contributed by atoms with E-state index >= 15 is 0 Å². The predicted octanol–water partition coefficient (Wildman–Crippen LogP) is 0.921. The van der Waals surface area contributed by atoms with Crippen molar-refractivity contribution < 1.29 is 4.79 Å². The lowest BCUT2D eigenvalue weighted by Gasteiger charge is -2.02. The highest BCUT2D eigenvalue weighted by atomic mass is 16.1. The Morgan fingerprint density at radius 1 is 1.46 bits per heavy atom. The topological polar surface area (TPSA) is 48.0 Å². The molecule has 0 radical (unpaired) electrons. The van der Waals surface area contributed by atoms with Crippen molar-refractivity contribution in [3.05, 3.63) is 22.5 Å². The third-order valence-electron chi connectivity index (χ3n) is 2.97. The Hall–Kier alpha value is -1.25. The molecule has 1 heterocycles. The molecule has 1 aromatic rings. The van der Waals surface area contributed by atoms with Crippen molar-refractivity contribution in [3.8, 4) is 0 Å². The van der Waals surface area contributed by atoms with Crippen LogP contribution in [0.2, 0.25) is 0 Å². The van der Waals surface area contributed by atoms with Crippen LogP contribution in [0.15, 0.2) is 0 Å². The summed E-state index contributed by atoms with van der Waals surface area (Å²) >= 11 is 0. The highest BCUT2D eigenvalue weighted by Gasteiger charge is 2.23. The summed E-state index contributed by atoms with van der Waals surface area (Å²) in [6.07, 6.45) is 3.39. The molecule has 1 aromatic heterocycles. The van der Waals surface area contributed by atoms with Crippen molar-refractivity contribution in [2.24, 2.45) is 12.8 Å². The van der Waals surface area contributed by atoms with Gasteiger partial charge in [0.2, 0.25) is 0 Å². The second-order valence-electron chi connectivity index (χ2n) is 3.68. The summed E-state index contributed by atoms with van der Waals surface area (Å²) < 4.78 is 1.96. The lowest BCUT2D eigenvalue weighted by Crippen LogP contribution is -2.17. The number of rotatable bonds is 1. The first-order chi connectivity index (χ1) is 6.13. The van der Waals surface area contributed by atoms with Crippen molar-refractivity contribution in [3.63, 3.8) is 0 Å². The molecule has 0 aromatic carbocycles. The van der Waals surface area contributed by atoms with Crippen molar-refractivity contribution in [2.75, 3.05) is 0 Å². The quantitative estimate of drug-likeness (QED) is 0.683. The van der Waals surface area contributed by atoms with Gasteiger partial charge in [-0.15, -0.1) is 0 Å². The van der Waals surface area contributed by atoms with E-state index in [1.165, 1.54) is 17.7 Å². The molecular weight excluding hydrogens is 164 g/mol. The fourth-order valence-electron chi connectivity index (χ4n) is 2.38. The minimum absolute atomic E-state index is 0.311.